The lowest BCUT2D eigenvalue weighted by Gasteiger charge is -1.99. The predicted octanol–water partition coefficient (Wildman–Crippen LogP) is 2.28. The van der Waals surface area contributed by atoms with Gasteiger partial charge in [-0.3, -0.25) is 0 Å². The summed E-state index contributed by atoms with van der Waals surface area (Å²) in [6.45, 7) is 2.99. The molecule has 0 fully saturated rings. The van der Waals surface area contributed by atoms with Gasteiger partial charge < -0.3 is 10.3 Å². The third kappa shape index (κ3) is 2.02. The Hall–Kier alpha value is -1.55. The first kappa shape index (κ1) is 11.0. The molecule has 5 heteroatoms. The molecule has 0 bridgehead atoms. The van der Waals surface area contributed by atoms with Crippen LogP contribution in [0, 0.1) is 0 Å². The molecule has 0 aliphatic heterocycles. The van der Waals surface area contributed by atoms with Gasteiger partial charge in [0.25, 0.3) is 0 Å². The highest BCUT2D eigenvalue weighted by molar-refractivity contribution is 6.28. The summed E-state index contributed by atoms with van der Waals surface area (Å²) in [5, 5.41) is 0. The second-order valence-corrected chi connectivity index (χ2v) is 3.71. The van der Waals surface area contributed by atoms with Crippen molar-refractivity contribution in [3.05, 3.63) is 24.5 Å². The molecule has 2 N–H and O–H groups in total. The van der Waals surface area contributed by atoms with Gasteiger partial charge in [-0.15, -0.1) is 11.6 Å². The van der Waals surface area contributed by atoms with Gasteiger partial charge in [-0.2, -0.15) is 0 Å². The van der Waals surface area contributed by atoms with Gasteiger partial charge in [0.1, 0.15) is 5.84 Å². The van der Waals surface area contributed by atoms with Gasteiger partial charge in [0, 0.05) is 6.54 Å². The van der Waals surface area contributed by atoms with E-state index in [1.54, 1.807) is 0 Å². The van der Waals surface area contributed by atoms with E-state index in [9.17, 15) is 0 Å². The molecule has 0 aliphatic carbocycles. The van der Waals surface area contributed by atoms with Gasteiger partial charge >= 0.3 is 0 Å². The van der Waals surface area contributed by atoms with Crippen molar-refractivity contribution in [2.75, 3.05) is 5.88 Å². The Morgan fingerprint density at radius 3 is 3.06 bits per heavy atom. The van der Waals surface area contributed by atoms with E-state index in [0.29, 0.717) is 5.84 Å². The van der Waals surface area contributed by atoms with Crippen LogP contribution in [0.5, 0.6) is 0 Å². The van der Waals surface area contributed by atoms with Crippen molar-refractivity contribution < 1.29 is 0 Å². The molecule has 1 aromatic heterocycles. The number of benzene rings is 1. The maximum absolute atomic E-state index is 5.57. The minimum absolute atomic E-state index is 0.238. The highest BCUT2D eigenvalue weighted by Crippen LogP contribution is 2.20. The number of hydrogen-bond acceptors (Lipinski definition) is 2. The molecular weight excluding hydrogens is 224 g/mol. The third-order valence-corrected chi connectivity index (χ3v) is 2.63. The SMILES string of the molecule is CCn1cnc2cc(N=C(N)CCl)ccc21. The first-order valence-electron chi connectivity index (χ1n) is 5.08. The molecule has 0 spiro atoms. The van der Waals surface area contributed by atoms with Crippen LogP contribution in [0.2, 0.25) is 0 Å². The monoisotopic (exact) mass is 236 g/mol. The maximum atomic E-state index is 5.57. The number of fused-ring (bicyclic) bond motifs is 1. The predicted molar refractivity (Wildman–Crippen MR) is 67.4 cm³/mol. The minimum Gasteiger partial charge on any atom is -0.386 e. The molecule has 0 saturated carbocycles. The number of alkyl halides is 1. The topological polar surface area (TPSA) is 56.2 Å². The molecule has 2 rings (SSSR count). The average molecular weight is 237 g/mol. The van der Waals surface area contributed by atoms with Crippen LogP contribution in [0.4, 0.5) is 5.69 Å². The summed E-state index contributed by atoms with van der Waals surface area (Å²) in [5.41, 5.74) is 8.38. The van der Waals surface area contributed by atoms with Gasteiger partial charge in [-0.05, 0) is 25.1 Å². The number of aromatic nitrogens is 2. The van der Waals surface area contributed by atoms with E-state index in [1.807, 2.05) is 24.5 Å². The number of nitrogens with zero attached hydrogens (tertiary/aromatic N) is 3. The lowest BCUT2D eigenvalue weighted by atomic mass is 10.3. The molecule has 1 aromatic carbocycles. The molecule has 0 radical (unpaired) electrons. The molecule has 2 aromatic rings. The van der Waals surface area contributed by atoms with Gasteiger partial charge in [0.2, 0.25) is 0 Å². The molecule has 0 atom stereocenters. The molecule has 4 nitrogen and oxygen atoms in total. The van der Waals surface area contributed by atoms with E-state index in [2.05, 4.69) is 21.5 Å². The fourth-order valence-corrected chi connectivity index (χ4v) is 1.63. The van der Waals surface area contributed by atoms with E-state index in [4.69, 9.17) is 17.3 Å². The summed E-state index contributed by atoms with van der Waals surface area (Å²) in [6, 6.07) is 5.81. The molecule has 0 saturated heterocycles. The lowest BCUT2D eigenvalue weighted by Crippen LogP contribution is -2.12. The Morgan fingerprint density at radius 2 is 2.38 bits per heavy atom. The van der Waals surface area contributed by atoms with Crippen molar-refractivity contribution in [3.8, 4) is 0 Å². The van der Waals surface area contributed by atoms with Gasteiger partial charge in [-0.25, -0.2) is 9.98 Å². The first-order valence-corrected chi connectivity index (χ1v) is 5.62. The lowest BCUT2D eigenvalue weighted by molar-refractivity contribution is 0.787. The highest BCUT2D eigenvalue weighted by atomic mass is 35.5. The summed E-state index contributed by atoms with van der Waals surface area (Å²) in [6.07, 6.45) is 1.82. The number of imidazole rings is 1. The number of halogens is 1. The van der Waals surface area contributed by atoms with E-state index in [0.717, 1.165) is 23.3 Å². The first-order chi connectivity index (χ1) is 7.74. The molecule has 16 heavy (non-hydrogen) atoms. The highest BCUT2D eigenvalue weighted by Gasteiger charge is 2.02. The summed E-state index contributed by atoms with van der Waals surface area (Å²) < 4.78 is 2.08. The molecule has 0 amide bonds. The second-order valence-electron chi connectivity index (χ2n) is 3.44. The van der Waals surface area contributed by atoms with Crippen LogP contribution in [0.15, 0.2) is 29.5 Å². The Morgan fingerprint density at radius 1 is 1.56 bits per heavy atom. The number of hydrogen-bond donors (Lipinski definition) is 1. The fourth-order valence-electron chi connectivity index (χ4n) is 1.57. The average Bonchev–Trinajstić information content (AvgIpc) is 2.71. The van der Waals surface area contributed by atoms with Gasteiger partial charge in [0.05, 0.1) is 28.9 Å². The van der Waals surface area contributed by atoms with Crippen molar-refractivity contribution in [1.29, 1.82) is 0 Å². The Balaban J connectivity index is 2.45. The zero-order valence-corrected chi connectivity index (χ0v) is 9.78. The smallest absolute Gasteiger partial charge is 0.115 e. The molecule has 0 unspecified atom stereocenters. The molecule has 1 heterocycles. The van der Waals surface area contributed by atoms with Crippen LogP contribution in [-0.4, -0.2) is 21.3 Å². The fraction of sp³-hybridized carbons (Fsp3) is 0.273. The maximum Gasteiger partial charge on any atom is 0.115 e. The van der Waals surface area contributed by atoms with E-state index < -0.39 is 0 Å². The van der Waals surface area contributed by atoms with Crippen LogP contribution < -0.4 is 5.73 Å². The minimum atomic E-state index is 0.238. The zero-order chi connectivity index (χ0) is 11.5. The Bertz CT molecular complexity index is 530. The largest absolute Gasteiger partial charge is 0.386 e. The standard InChI is InChI=1S/C11H13ClN4/c1-2-16-7-14-9-5-8(3-4-10(9)16)15-11(13)6-12/h3-5,7H,2,6H2,1H3,(H2,13,15). The van der Waals surface area contributed by atoms with Gasteiger partial charge in [0.15, 0.2) is 0 Å². The quantitative estimate of drug-likeness (QED) is 0.505. The van der Waals surface area contributed by atoms with Crippen LogP contribution in [0.25, 0.3) is 11.0 Å². The molecule has 0 aliphatic rings. The van der Waals surface area contributed by atoms with Crippen LogP contribution in [-0.2, 0) is 6.54 Å². The molecule has 84 valence electrons. The molecular formula is C11H13ClN4. The Labute approximate surface area is 98.8 Å². The van der Waals surface area contributed by atoms with Gasteiger partial charge in [-0.1, -0.05) is 0 Å². The zero-order valence-electron chi connectivity index (χ0n) is 9.02. The van der Waals surface area contributed by atoms with Crippen LogP contribution in [0.3, 0.4) is 0 Å². The summed E-state index contributed by atoms with van der Waals surface area (Å²) in [4.78, 5) is 8.48. The normalized spacial score (nSPS) is 12.2. The van der Waals surface area contributed by atoms with Crippen molar-refractivity contribution in [1.82, 2.24) is 9.55 Å². The number of rotatable bonds is 3. The van der Waals surface area contributed by atoms with E-state index in [-0.39, 0.29) is 5.88 Å². The Kier molecular flexibility index (Phi) is 3.10. The summed E-state index contributed by atoms with van der Waals surface area (Å²) in [7, 11) is 0. The third-order valence-electron chi connectivity index (χ3n) is 2.35. The number of aryl methyl sites for hydroxylation is 1. The van der Waals surface area contributed by atoms with Crippen molar-refractivity contribution >= 4 is 34.2 Å². The van der Waals surface area contributed by atoms with E-state index in [1.165, 1.54) is 0 Å². The number of nitrogens with two attached hydrogens (primary N) is 1. The van der Waals surface area contributed by atoms with Crippen molar-refractivity contribution in [2.45, 2.75) is 13.5 Å². The summed E-state index contributed by atoms with van der Waals surface area (Å²) >= 11 is 5.57. The number of aliphatic imine (C=N–C) groups is 1. The summed E-state index contributed by atoms with van der Waals surface area (Å²) in [5.74, 6) is 0.650. The second kappa shape index (κ2) is 4.53. The van der Waals surface area contributed by atoms with Crippen LogP contribution in [0.1, 0.15) is 6.92 Å². The van der Waals surface area contributed by atoms with E-state index >= 15 is 0 Å². The van der Waals surface area contributed by atoms with Crippen molar-refractivity contribution in [2.24, 2.45) is 10.7 Å². The van der Waals surface area contributed by atoms with Crippen LogP contribution >= 0.6 is 11.6 Å². The number of amidine groups is 1. The van der Waals surface area contributed by atoms with Crippen molar-refractivity contribution in [3.63, 3.8) is 0 Å².